The SMILES string of the molecule is OCCCCSCc1ccc(Cl)cc1. The highest BCUT2D eigenvalue weighted by Crippen LogP contribution is 2.16. The number of aliphatic hydroxyl groups is 1. The molecule has 0 heterocycles. The van der Waals surface area contributed by atoms with Gasteiger partial charge in [-0.2, -0.15) is 11.8 Å². The van der Waals surface area contributed by atoms with Gasteiger partial charge in [-0.25, -0.2) is 0 Å². The highest BCUT2D eigenvalue weighted by Gasteiger charge is 1.94. The first kappa shape index (κ1) is 11.9. The maximum absolute atomic E-state index is 8.59. The Kier molecular flexibility index (Phi) is 6.08. The largest absolute Gasteiger partial charge is 0.396 e. The Morgan fingerprint density at radius 1 is 1.14 bits per heavy atom. The molecule has 0 saturated carbocycles. The van der Waals surface area contributed by atoms with Gasteiger partial charge in [0.1, 0.15) is 0 Å². The lowest BCUT2D eigenvalue weighted by atomic mass is 10.2. The molecule has 0 aliphatic rings. The summed E-state index contributed by atoms with van der Waals surface area (Å²) in [6.45, 7) is 0.307. The first-order valence-electron chi connectivity index (χ1n) is 4.76. The van der Waals surface area contributed by atoms with Crippen molar-refractivity contribution in [2.75, 3.05) is 12.4 Å². The second-order valence-corrected chi connectivity index (χ2v) is 4.65. The van der Waals surface area contributed by atoms with Gasteiger partial charge in [-0.3, -0.25) is 0 Å². The van der Waals surface area contributed by atoms with E-state index in [-0.39, 0.29) is 0 Å². The molecule has 1 aromatic carbocycles. The second-order valence-electron chi connectivity index (χ2n) is 3.11. The van der Waals surface area contributed by atoms with Crippen LogP contribution in [0, 0.1) is 0 Å². The smallest absolute Gasteiger partial charge is 0.0431 e. The van der Waals surface area contributed by atoms with Crippen molar-refractivity contribution in [2.24, 2.45) is 0 Å². The van der Waals surface area contributed by atoms with Crippen LogP contribution in [0.5, 0.6) is 0 Å². The Bertz CT molecular complexity index is 248. The molecular weight excluding hydrogens is 216 g/mol. The first-order valence-corrected chi connectivity index (χ1v) is 6.29. The summed E-state index contributed by atoms with van der Waals surface area (Å²) in [6.07, 6.45) is 2.00. The van der Waals surface area contributed by atoms with Gasteiger partial charge in [-0.1, -0.05) is 23.7 Å². The molecule has 3 heteroatoms. The van der Waals surface area contributed by atoms with Crippen LogP contribution < -0.4 is 0 Å². The summed E-state index contributed by atoms with van der Waals surface area (Å²) in [6, 6.07) is 7.96. The molecule has 0 atom stereocenters. The molecule has 0 aliphatic carbocycles. The van der Waals surface area contributed by atoms with E-state index in [0.717, 1.165) is 29.4 Å². The van der Waals surface area contributed by atoms with Crippen LogP contribution in [0.2, 0.25) is 5.02 Å². The molecule has 0 fully saturated rings. The fraction of sp³-hybridized carbons (Fsp3) is 0.455. The highest BCUT2D eigenvalue weighted by molar-refractivity contribution is 7.98. The summed E-state index contributed by atoms with van der Waals surface area (Å²) in [5.41, 5.74) is 1.31. The molecule has 1 aromatic rings. The van der Waals surface area contributed by atoms with E-state index in [9.17, 15) is 0 Å². The van der Waals surface area contributed by atoms with Crippen LogP contribution >= 0.6 is 23.4 Å². The van der Waals surface area contributed by atoms with Gasteiger partial charge in [0.2, 0.25) is 0 Å². The number of halogens is 1. The van der Waals surface area contributed by atoms with Gasteiger partial charge in [0.05, 0.1) is 0 Å². The molecule has 0 radical (unpaired) electrons. The molecular formula is C11H15ClOS. The quantitative estimate of drug-likeness (QED) is 0.757. The maximum Gasteiger partial charge on any atom is 0.0431 e. The number of benzene rings is 1. The zero-order valence-corrected chi connectivity index (χ0v) is 9.65. The fourth-order valence-corrected chi connectivity index (χ4v) is 2.19. The number of hydrogen-bond acceptors (Lipinski definition) is 2. The molecule has 14 heavy (non-hydrogen) atoms. The van der Waals surface area contributed by atoms with Crippen molar-refractivity contribution in [2.45, 2.75) is 18.6 Å². The minimum Gasteiger partial charge on any atom is -0.396 e. The van der Waals surface area contributed by atoms with E-state index in [2.05, 4.69) is 12.1 Å². The summed E-state index contributed by atoms with van der Waals surface area (Å²) in [4.78, 5) is 0. The van der Waals surface area contributed by atoms with Crippen LogP contribution in [0.25, 0.3) is 0 Å². The van der Waals surface area contributed by atoms with Gasteiger partial charge < -0.3 is 5.11 Å². The van der Waals surface area contributed by atoms with Gasteiger partial charge in [0.25, 0.3) is 0 Å². The Morgan fingerprint density at radius 2 is 1.86 bits per heavy atom. The monoisotopic (exact) mass is 230 g/mol. The molecule has 1 N–H and O–H groups in total. The third-order valence-corrected chi connectivity index (χ3v) is 3.25. The third-order valence-electron chi connectivity index (χ3n) is 1.88. The van der Waals surface area contributed by atoms with Crippen molar-refractivity contribution >= 4 is 23.4 Å². The average molecular weight is 231 g/mol. The summed E-state index contributed by atoms with van der Waals surface area (Å²) >= 11 is 7.68. The van der Waals surface area contributed by atoms with E-state index in [1.165, 1.54) is 5.56 Å². The van der Waals surface area contributed by atoms with Crippen molar-refractivity contribution in [3.8, 4) is 0 Å². The van der Waals surface area contributed by atoms with Gasteiger partial charge in [-0.05, 0) is 36.3 Å². The van der Waals surface area contributed by atoms with Crippen molar-refractivity contribution in [3.05, 3.63) is 34.9 Å². The van der Waals surface area contributed by atoms with E-state index >= 15 is 0 Å². The molecule has 1 rings (SSSR count). The molecule has 78 valence electrons. The Hall–Kier alpha value is -0.180. The van der Waals surface area contributed by atoms with Gasteiger partial charge >= 0.3 is 0 Å². The third kappa shape index (κ3) is 4.89. The predicted molar refractivity (Wildman–Crippen MR) is 63.9 cm³/mol. The number of aliphatic hydroxyl groups excluding tert-OH is 1. The van der Waals surface area contributed by atoms with Crippen LogP contribution in [0.1, 0.15) is 18.4 Å². The summed E-state index contributed by atoms with van der Waals surface area (Å²) < 4.78 is 0. The Balaban J connectivity index is 2.15. The highest BCUT2D eigenvalue weighted by atomic mass is 35.5. The normalized spacial score (nSPS) is 10.4. The van der Waals surface area contributed by atoms with Crippen LogP contribution in [0.3, 0.4) is 0 Å². The van der Waals surface area contributed by atoms with E-state index in [1.54, 1.807) is 0 Å². The standard InChI is InChI=1S/C11H15ClOS/c12-11-5-3-10(4-6-11)9-14-8-2-1-7-13/h3-6,13H,1-2,7-9H2. The van der Waals surface area contributed by atoms with Crippen LogP contribution in [0.15, 0.2) is 24.3 Å². The Labute approximate surface area is 94.5 Å². The topological polar surface area (TPSA) is 20.2 Å². The van der Waals surface area contributed by atoms with Crippen LogP contribution in [-0.2, 0) is 5.75 Å². The average Bonchev–Trinajstić information content (AvgIpc) is 2.21. The van der Waals surface area contributed by atoms with E-state index in [4.69, 9.17) is 16.7 Å². The molecule has 0 aliphatic heterocycles. The lowest BCUT2D eigenvalue weighted by molar-refractivity contribution is 0.287. The Morgan fingerprint density at radius 3 is 2.50 bits per heavy atom. The first-order chi connectivity index (χ1) is 6.83. The maximum atomic E-state index is 8.59. The van der Waals surface area contributed by atoms with Crippen LogP contribution in [0.4, 0.5) is 0 Å². The van der Waals surface area contributed by atoms with Crippen molar-refractivity contribution in [3.63, 3.8) is 0 Å². The number of rotatable bonds is 6. The lowest BCUT2D eigenvalue weighted by Gasteiger charge is -2.01. The molecule has 0 bridgehead atoms. The summed E-state index contributed by atoms with van der Waals surface area (Å²) in [7, 11) is 0. The van der Waals surface area contributed by atoms with Gasteiger partial charge in [0.15, 0.2) is 0 Å². The number of thioether (sulfide) groups is 1. The van der Waals surface area contributed by atoms with Crippen molar-refractivity contribution in [1.29, 1.82) is 0 Å². The molecule has 0 unspecified atom stereocenters. The van der Waals surface area contributed by atoms with E-state index in [1.807, 2.05) is 23.9 Å². The number of hydrogen-bond donors (Lipinski definition) is 1. The van der Waals surface area contributed by atoms with Gasteiger partial charge in [0, 0.05) is 17.4 Å². The molecule has 0 saturated heterocycles. The lowest BCUT2D eigenvalue weighted by Crippen LogP contribution is -1.86. The zero-order valence-electron chi connectivity index (χ0n) is 8.08. The van der Waals surface area contributed by atoms with Crippen molar-refractivity contribution in [1.82, 2.24) is 0 Å². The molecule has 0 aromatic heterocycles. The van der Waals surface area contributed by atoms with E-state index in [0.29, 0.717) is 6.61 Å². The van der Waals surface area contributed by atoms with Gasteiger partial charge in [-0.15, -0.1) is 0 Å². The summed E-state index contributed by atoms with van der Waals surface area (Å²) in [5.74, 6) is 2.14. The minimum atomic E-state index is 0.307. The second kappa shape index (κ2) is 7.16. The molecule has 0 spiro atoms. The zero-order chi connectivity index (χ0) is 10.2. The molecule has 1 nitrogen and oxygen atoms in total. The fourth-order valence-electron chi connectivity index (χ4n) is 1.09. The minimum absolute atomic E-state index is 0.307. The number of unbranched alkanes of at least 4 members (excludes halogenated alkanes) is 1. The molecule has 0 amide bonds. The van der Waals surface area contributed by atoms with Crippen LogP contribution in [-0.4, -0.2) is 17.5 Å². The van der Waals surface area contributed by atoms with Crippen molar-refractivity contribution < 1.29 is 5.11 Å². The van der Waals surface area contributed by atoms with E-state index < -0.39 is 0 Å². The predicted octanol–water partition coefficient (Wildman–Crippen LogP) is 3.35. The summed E-state index contributed by atoms with van der Waals surface area (Å²) in [5, 5.41) is 9.38.